The smallest absolute Gasteiger partial charge is 0.417 e. The minimum absolute atomic E-state index is 0.0925. The van der Waals surface area contributed by atoms with Crippen molar-refractivity contribution in [2.24, 2.45) is 0 Å². The fraction of sp³-hybridized carbons (Fsp3) is 0.375. The number of nitrogens with zero attached hydrogens (tertiary/aromatic N) is 1. The third-order valence-corrected chi connectivity index (χ3v) is 1.56. The zero-order valence-corrected chi connectivity index (χ0v) is 7.48. The van der Waals surface area contributed by atoms with E-state index in [-0.39, 0.29) is 5.56 Å². The summed E-state index contributed by atoms with van der Waals surface area (Å²) in [4.78, 5) is 3.16. The molecular formula is C8H6F5NO. The van der Waals surface area contributed by atoms with Gasteiger partial charge in [-0.2, -0.15) is 22.0 Å². The molecule has 0 atom stereocenters. The zero-order valence-electron chi connectivity index (χ0n) is 7.48. The Bertz CT molecular complexity index is 349. The standard InChI is InChI=1S/C8H6F5NO/c1-4-2-5(8(11,12)13)3-14-6(4)15-7(9)10/h2-3,7H,1H3. The first-order valence-corrected chi connectivity index (χ1v) is 3.79. The highest BCUT2D eigenvalue weighted by atomic mass is 19.4. The lowest BCUT2D eigenvalue weighted by molar-refractivity contribution is -0.137. The van der Waals surface area contributed by atoms with Crippen LogP contribution in [0, 0.1) is 6.92 Å². The molecule has 0 aliphatic carbocycles. The average molecular weight is 227 g/mol. The molecule has 0 fully saturated rings. The highest BCUT2D eigenvalue weighted by Gasteiger charge is 2.31. The molecule has 1 aromatic heterocycles. The summed E-state index contributed by atoms with van der Waals surface area (Å²) in [5.41, 5.74) is -1.09. The van der Waals surface area contributed by atoms with Crippen molar-refractivity contribution in [3.8, 4) is 5.88 Å². The first kappa shape index (κ1) is 11.7. The number of pyridine rings is 1. The Labute approximate surface area is 81.7 Å². The van der Waals surface area contributed by atoms with Gasteiger partial charge in [-0.1, -0.05) is 0 Å². The van der Waals surface area contributed by atoms with E-state index in [1.165, 1.54) is 6.92 Å². The Balaban J connectivity index is 2.98. The minimum atomic E-state index is -4.54. The van der Waals surface area contributed by atoms with E-state index in [1.807, 2.05) is 0 Å². The van der Waals surface area contributed by atoms with Gasteiger partial charge in [0, 0.05) is 11.8 Å². The second-order valence-electron chi connectivity index (χ2n) is 2.72. The van der Waals surface area contributed by atoms with E-state index >= 15 is 0 Å². The van der Waals surface area contributed by atoms with E-state index in [4.69, 9.17) is 0 Å². The SMILES string of the molecule is Cc1cc(C(F)(F)F)cnc1OC(F)F. The molecule has 1 aromatic rings. The van der Waals surface area contributed by atoms with E-state index in [1.54, 1.807) is 0 Å². The molecule has 15 heavy (non-hydrogen) atoms. The molecule has 0 aliphatic heterocycles. The van der Waals surface area contributed by atoms with E-state index in [0.717, 1.165) is 0 Å². The summed E-state index contributed by atoms with van der Waals surface area (Å²) in [6.45, 7) is -1.90. The number of hydrogen-bond acceptors (Lipinski definition) is 2. The van der Waals surface area contributed by atoms with Crippen LogP contribution in [-0.4, -0.2) is 11.6 Å². The van der Waals surface area contributed by atoms with E-state index in [0.29, 0.717) is 12.3 Å². The van der Waals surface area contributed by atoms with Crippen LogP contribution < -0.4 is 4.74 Å². The maximum atomic E-state index is 12.1. The van der Waals surface area contributed by atoms with Crippen LogP contribution in [-0.2, 0) is 6.18 Å². The molecule has 0 spiro atoms. The van der Waals surface area contributed by atoms with Gasteiger partial charge in [-0.3, -0.25) is 0 Å². The number of alkyl halides is 5. The largest absolute Gasteiger partial charge is 0.417 e. The van der Waals surface area contributed by atoms with E-state index in [2.05, 4.69) is 9.72 Å². The van der Waals surface area contributed by atoms with Crippen molar-refractivity contribution >= 4 is 0 Å². The number of halogens is 5. The number of rotatable bonds is 2. The van der Waals surface area contributed by atoms with Gasteiger partial charge in [0.25, 0.3) is 0 Å². The van der Waals surface area contributed by atoms with Gasteiger partial charge in [-0.05, 0) is 13.0 Å². The molecule has 2 nitrogen and oxygen atoms in total. The molecule has 0 bridgehead atoms. The number of aromatic nitrogens is 1. The number of ether oxygens (including phenoxy) is 1. The van der Waals surface area contributed by atoms with Crippen molar-refractivity contribution < 1.29 is 26.7 Å². The van der Waals surface area contributed by atoms with Crippen molar-refractivity contribution in [1.82, 2.24) is 4.98 Å². The molecular weight excluding hydrogens is 221 g/mol. The summed E-state index contributed by atoms with van der Waals surface area (Å²) in [5, 5.41) is 0. The second kappa shape index (κ2) is 4.00. The van der Waals surface area contributed by atoms with Gasteiger partial charge in [-0.25, -0.2) is 4.98 Å². The molecule has 0 radical (unpaired) electrons. The van der Waals surface area contributed by atoms with Gasteiger partial charge in [0.15, 0.2) is 0 Å². The number of hydrogen-bond donors (Lipinski definition) is 0. The van der Waals surface area contributed by atoms with Gasteiger partial charge in [-0.15, -0.1) is 0 Å². The summed E-state index contributed by atoms with van der Waals surface area (Å²) in [7, 11) is 0. The van der Waals surface area contributed by atoms with E-state index < -0.39 is 24.2 Å². The highest BCUT2D eigenvalue weighted by molar-refractivity contribution is 5.29. The molecule has 0 saturated carbocycles. The summed E-state index contributed by atoms with van der Waals surface area (Å²) < 4.78 is 63.8. The van der Waals surface area contributed by atoms with Gasteiger partial charge in [0.2, 0.25) is 5.88 Å². The second-order valence-corrected chi connectivity index (χ2v) is 2.72. The third-order valence-electron chi connectivity index (χ3n) is 1.56. The van der Waals surface area contributed by atoms with Gasteiger partial charge in [0.1, 0.15) is 0 Å². The summed E-state index contributed by atoms with van der Waals surface area (Å²) in [6.07, 6.45) is -4.09. The normalized spacial score (nSPS) is 11.9. The van der Waals surface area contributed by atoms with Crippen molar-refractivity contribution in [2.75, 3.05) is 0 Å². The molecule has 1 rings (SSSR count). The van der Waals surface area contributed by atoms with Gasteiger partial charge >= 0.3 is 12.8 Å². The lowest BCUT2D eigenvalue weighted by Gasteiger charge is -2.10. The summed E-state index contributed by atoms with van der Waals surface area (Å²) >= 11 is 0. The van der Waals surface area contributed by atoms with Crippen molar-refractivity contribution in [3.05, 3.63) is 23.4 Å². The number of aryl methyl sites for hydroxylation is 1. The summed E-state index contributed by atoms with van der Waals surface area (Å²) in [6, 6.07) is 0.699. The fourth-order valence-electron chi connectivity index (χ4n) is 0.925. The van der Waals surface area contributed by atoms with Crippen LogP contribution in [0.4, 0.5) is 22.0 Å². The maximum absolute atomic E-state index is 12.1. The predicted octanol–water partition coefficient (Wildman–Crippen LogP) is 3.01. The van der Waals surface area contributed by atoms with Crippen LogP contribution in [0.25, 0.3) is 0 Å². The molecule has 7 heteroatoms. The fourth-order valence-corrected chi connectivity index (χ4v) is 0.925. The highest BCUT2D eigenvalue weighted by Crippen LogP contribution is 2.31. The Morgan fingerprint density at radius 3 is 2.33 bits per heavy atom. The lowest BCUT2D eigenvalue weighted by Crippen LogP contribution is -2.09. The Kier molecular flexibility index (Phi) is 3.11. The molecule has 1 heterocycles. The molecule has 0 amide bonds. The molecule has 0 aromatic carbocycles. The van der Waals surface area contributed by atoms with Crippen molar-refractivity contribution in [3.63, 3.8) is 0 Å². The van der Waals surface area contributed by atoms with Gasteiger partial charge in [0.05, 0.1) is 5.56 Å². The van der Waals surface area contributed by atoms with Crippen LogP contribution in [0.2, 0.25) is 0 Å². The lowest BCUT2D eigenvalue weighted by atomic mass is 10.2. The topological polar surface area (TPSA) is 22.1 Å². The maximum Gasteiger partial charge on any atom is 0.417 e. The minimum Gasteiger partial charge on any atom is -0.417 e. The third kappa shape index (κ3) is 3.03. The average Bonchev–Trinajstić information content (AvgIpc) is 2.05. The predicted molar refractivity (Wildman–Crippen MR) is 40.6 cm³/mol. The van der Waals surface area contributed by atoms with Crippen LogP contribution in [0.1, 0.15) is 11.1 Å². The van der Waals surface area contributed by atoms with Crippen LogP contribution in [0.15, 0.2) is 12.3 Å². The zero-order chi connectivity index (χ0) is 11.6. The van der Waals surface area contributed by atoms with Crippen molar-refractivity contribution in [1.29, 1.82) is 0 Å². The molecule has 0 aliphatic rings. The van der Waals surface area contributed by atoms with Crippen LogP contribution in [0.5, 0.6) is 5.88 Å². The first-order valence-electron chi connectivity index (χ1n) is 3.79. The van der Waals surface area contributed by atoms with Gasteiger partial charge < -0.3 is 4.74 Å². The summed E-state index contributed by atoms with van der Waals surface area (Å²) in [5.74, 6) is -0.502. The van der Waals surface area contributed by atoms with Crippen LogP contribution >= 0.6 is 0 Å². The quantitative estimate of drug-likeness (QED) is 0.724. The Morgan fingerprint density at radius 2 is 1.93 bits per heavy atom. The molecule has 84 valence electrons. The monoisotopic (exact) mass is 227 g/mol. The first-order chi connectivity index (χ1) is 6.80. The Hall–Kier alpha value is -1.40. The molecule has 0 N–H and O–H groups in total. The van der Waals surface area contributed by atoms with Crippen molar-refractivity contribution in [2.45, 2.75) is 19.7 Å². The molecule has 0 unspecified atom stereocenters. The Morgan fingerprint density at radius 1 is 1.33 bits per heavy atom. The van der Waals surface area contributed by atoms with Crippen LogP contribution in [0.3, 0.4) is 0 Å². The molecule has 0 saturated heterocycles. The van der Waals surface area contributed by atoms with E-state index in [9.17, 15) is 22.0 Å².